The number of ether oxygens (including phenoxy) is 1. The van der Waals surface area contributed by atoms with Gasteiger partial charge in [-0.15, -0.1) is 0 Å². The number of hydrogen-bond acceptors (Lipinski definition) is 2. The van der Waals surface area contributed by atoms with Crippen LogP contribution >= 0.6 is 15.9 Å². The van der Waals surface area contributed by atoms with Crippen LogP contribution in [0, 0.1) is 11.3 Å². The van der Waals surface area contributed by atoms with E-state index in [4.69, 9.17) is 5.26 Å². The highest BCUT2D eigenvalue weighted by Gasteiger charge is 2.07. The Balaban J connectivity index is 2.74. The van der Waals surface area contributed by atoms with Gasteiger partial charge >= 0.3 is 6.61 Å². The van der Waals surface area contributed by atoms with Gasteiger partial charge in [-0.05, 0) is 17.7 Å². The zero-order valence-corrected chi connectivity index (χ0v) is 8.54. The van der Waals surface area contributed by atoms with Crippen LogP contribution in [-0.2, 0) is 0 Å². The fourth-order valence-corrected chi connectivity index (χ4v) is 1.20. The highest BCUT2D eigenvalue weighted by Crippen LogP contribution is 2.24. The van der Waals surface area contributed by atoms with E-state index in [1.54, 1.807) is 12.1 Å². The Kier molecular flexibility index (Phi) is 3.84. The van der Waals surface area contributed by atoms with Gasteiger partial charge in [0.15, 0.2) is 0 Å². The molecule has 1 rings (SSSR count). The van der Waals surface area contributed by atoms with Crippen molar-refractivity contribution in [3.8, 4) is 11.8 Å². The molecule has 5 heteroatoms. The normalized spacial score (nSPS) is 12.2. The molecule has 0 spiro atoms. The van der Waals surface area contributed by atoms with Gasteiger partial charge in [-0.1, -0.05) is 28.1 Å². The van der Waals surface area contributed by atoms with Gasteiger partial charge in [-0.3, -0.25) is 0 Å². The van der Waals surface area contributed by atoms with Gasteiger partial charge in [0.1, 0.15) is 10.6 Å². The quantitative estimate of drug-likeness (QED) is 0.783. The molecular formula is C9H6BrF2NO. The molecule has 0 radical (unpaired) electrons. The van der Waals surface area contributed by atoms with E-state index in [0.29, 0.717) is 5.56 Å². The molecule has 0 saturated heterocycles. The van der Waals surface area contributed by atoms with E-state index >= 15 is 0 Å². The van der Waals surface area contributed by atoms with Gasteiger partial charge in [0.25, 0.3) is 0 Å². The molecule has 74 valence electrons. The zero-order chi connectivity index (χ0) is 10.6. The minimum Gasteiger partial charge on any atom is -0.435 e. The van der Waals surface area contributed by atoms with Gasteiger partial charge in [0.05, 0.1) is 6.07 Å². The molecule has 1 aromatic rings. The lowest BCUT2D eigenvalue weighted by molar-refractivity contribution is -0.0498. The number of benzene rings is 1. The average molecular weight is 262 g/mol. The summed E-state index contributed by atoms with van der Waals surface area (Å²) in [7, 11) is 0. The molecule has 0 amide bonds. The first-order valence-electron chi connectivity index (χ1n) is 3.72. The standard InChI is InChI=1S/C9H6BrF2NO/c10-8(5-13)6-1-3-7(4-2-6)14-9(11)12/h1-4,8-9H. The Bertz CT molecular complexity index is 334. The van der Waals surface area contributed by atoms with Crippen LogP contribution in [0.25, 0.3) is 0 Å². The topological polar surface area (TPSA) is 33.0 Å². The molecule has 1 atom stereocenters. The molecule has 1 unspecified atom stereocenters. The van der Waals surface area contributed by atoms with Crippen LogP contribution in [0.3, 0.4) is 0 Å². The molecule has 14 heavy (non-hydrogen) atoms. The van der Waals surface area contributed by atoms with E-state index < -0.39 is 11.4 Å². The Labute approximate surface area is 88.2 Å². The van der Waals surface area contributed by atoms with Crippen LogP contribution in [-0.4, -0.2) is 6.61 Å². The first-order valence-corrected chi connectivity index (χ1v) is 4.63. The molecule has 0 fully saturated rings. The van der Waals surface area contributed by atoms with Crippen LogP contribution in [0.4, 0.5) is 8.78 Å². The molecule has 0 aliphatic heterocycles. The van der Waals surface area contributed by atoms with Gasteiger partial charge < -0.3 is 4.74 Å². The van der Waals surface area contributed by atoms with Gasteiger partial charge in [-0.25, -0.2) is 0 Å². The van der Waals surface area contributed by atoms with E-state index in [1.807, 2.05) is 6.07 Å². The Morgan fingerprint density at radius 1 is 1.29 bits per heavy atom. The van der Waals surface area contributed by atoms with Gasteiger partial charge in [0, 0.05) is 0 Å². The van der Waals surface area contributed by atoms with Crippen molar-refractivity contribution in [2.24, 2.45) is 0 Å². The number of rotatable bonds is 3. The summed E-state index contributed by atoms with van der Waals surface area (Å²) < 4.78 is 27.7. The lowest BCUT2D eigenvalue weighted by atomic mass is 10.2. The van der Waals surface area contributed by atoms with E-state index in [0.717, 1.165) is 0 Å². The van der Waals surface area contributed by atoms with Crippen molar-refractivity contribution in [2.75, 3.05) is 0 Å². The van der Waals surface area contributed by atoms with Crippen LogP contribution in [0.2, 0.25) is 0 Å². The van der Waals surface area contributed by atoms with Crippen LogP contribution in [0.5, 0.6) is 5.75 Å². The fourth-order valence-electron chi connectivity index (χ4n) is 0.893. The van der Waals surface area contributed by atoms with Crippen LogP contribution in [0.15, 0.2) is 24.3 Å². The number of alkyl halides is 3. The molecule has 0 heterocycles. The molecule has 0 aliphatic rings. The van der Waals surface area contributed by atoms with Crippen LogP contribution < -0.4 is 4.74 Å². The fraction of sp³-hybridized carbons (Fsp3) is 0.222. The van der Waals surface area contributed by atoms with Crippen molar-refractivity contribution in [3.63, 3.8) is 0 Å². The molecule has 0 bridgehead atoms. The summed E-state index contributed by atoms with van der Waals surface area (Å²) in [5.74, 6) is 0.0846. The Morgan fingerprint density at radius 3 is 2.29 bits per heavy atom. The third-order valence-electron chi connectivity index (χ3n) is 1.51. The summed E-state index contributed by atoms with van der Waals surface area (Å²) >= 11 is 3.11. The Hall–Kier alpha value is -1.15. The third kappa shape index (κ3) is 2.96. The minimum absolute atomic E-state index is 0.0846. The lowest BCUT2D eigenvalue weighted by Crippen LogP contribution is -2.01. The number of halogens is 3. The highest BCUT2D eigenvalue weighted by molar-refractivity contribution is 9.09. The second-order valence-electron chi connectivity index (χ2n) is 2.44. The van der Waals surface area contributed by atoms with E-state index in [9.17, 15) is 8.78 Å². The first kappa shape index (κ1) is 10.9. The smallest absolute Gasteiger partial charge is 0.387 e. The molecule has 0 N–H and O–H groups in total. The summed E-state index contributed by atoms with van der Waals surface area (Å²) in [6.45, 7) is -2.82. The van der Waals surface area contributed by atoms with Gasteiger partial charge in [-0.2, -0.15) is 14.0 Å². The zero-order valence-electron chi connectivity index (χ0n) is 6.95. The van der Waals surface area contributed by atoms with Crippen molar-refractivity contribution in [2.45, 2.75) is 11.4 Å². The molecule has 1 aromatic carbocycles. The van der Waals surface area contributed by atoms with E-state index in [1.165, 1.54) is 12.1 Å². The maximum absolute atomic E-state index is 11.8. The maximum atomic E-state index is 11.8. The van der Waals surface area contributed by atoms with Crippen molar-refractivity contribution in [1.29, 1.82) is 5.26 Å². The van der Waals surface area contributed by atoms with Crippen LogP contribution in [0.1, 0.15) is 10.4 Å². The summed E-state index contributed by atoms with van der Waals surface area (Å²) in [6.07, 6.45) is 0. The summed E-state index contributed by atoms with van der Waals surface area (Å²) in [4.78, 5) is -0.428. The number of nitriles is 1. The minimum atomic E-state index is -2.82. The summed E-state index contributed by atoms with van der Waals surface area (Å²) in [5, 5.41) is 8.55. The molecule has 0 aromatic heterocycles. The van der Waals surface area contributed by atoms with Crippen molar-refractivity contribution in [3.05, 3.63) is 29.8 Å². The first-order chi connectivity index (χ1) is 6.63. The van der Waals surface area contributed by atoms with E-state index in [-0.39, 0.29) is 5.75 Å². The predicted molar refractivity (Wildman–Crippen MR) is 50.4 cm³/mol. The number of hydrogen-bond donors (Lipinski definition) is 0. The molecule has 0 saturated carbocycles. The SMILES string of the molecule is N#CC(Br)c1ccc(OC(F)F)cc1. The van der Waals surface area contributed by atoms with E-state index in [2.05, 4.69) is 20.7 Å². The number of nitrogens with zero attached hydrogens (tertiary/aromatic N) is 1. The highest BCUT2D eigenvalue weighted by atomic mass is 79.9. The molecule has 0 aliphatic carbocycles. The lowest BCUT2D eigenvalue weighted by Gasteiger charge is -2.05. The maximum Gasteiger partial charge on any atom is 0.387 e. The largest absolute Gasteiger partial charge is 0.435 e. The summed E-state index contributed by atoms with van der Waals surface area (Å²) in [5.41, 5.74) is 0.703. The van der Waals surface area contributed by atoms with Gasteiger partial charge in [0.2, 0.25) is 0 Å². The Morgan fingerprint density at radius 2 is 1.86 bits per heavy atom. The molecule has 2 nitrogen and oxygen atoms in total. The van der Waals surface area contributed by atoms with Crippen molar-refractivity contribution >= 4 is 15.9 Å². The second-order valence-corrected chi connectivity index (χ2v) is 3.35. The van der Waals surface area contributed by atoms with Crippen molar-refractivity contribution < 1.29 is 13.5 Å². The average Bonchev–Trinajstić information content (AvgIpc) is 2.17. The predicted octanol–water partition coefficient (Wildman–Crippen LogP) is 3.25. The summed E-state index contributed by atoms with van der Waals surface area (Å²) in [6, 6.07) is 7.87. The van der Waals surface area contributed by atoms with Crippen molar-refractivity contribution in [1.82, 2.24) is 0 Å². The monoisotopic (exact) mass is 261 g/mol. The molecular weight excluding hydrogens is 256 g/mol. The third-order valence-corrected chi connectivity index (χ3v) is 2.24. The second kappa shape index (κ2) is 4.91.